The largest absolute Gasteiger partial charge is 0.355 e. The van der Waals surface area contributed by atoms with E-state index in [2.05, 4.69) is 5.32 Å². The summed E-state index contributed by atoms with van der Waals surface area (Å²) in [5.74, 6) is -1.09. The van der Waals surface area contributed by atoms with Gasteiger partial charge in [-0.3, -0.25) is 4.79 Å². The van der Waals surface area contributed by atoms with Gasteiger partial charge in [-0.1, -0.05) is 12.1 Å². The standard InChI is InChI=1S/C14H20FN3O3S.ClH/c15-12-3-1-2-4-13(12)22(20,21)18-9-5-11(6-10-18)14(19)17-8-7-16;/h1-4,11H,5-10,16H2,(H,17,19);1H. The topological polar surface area (TPSA) is 92.5 Å². The van der Waals surface area contributed by atoms with E-state index in [0.717, 1.165) is 6.07 Å². The third-order valence-electron chi connectivity index (χ3n) is 3.72. The highest BCUT2D eigenvalue weighted by molar-refractivity contribution is 7.89. The summed E-state index contributed by atoms with van der Waals surface area (Å²) in [5, 5.41) is 2.70. The average molecular weight is 366 g/mol. The minimum absolute atomic E-state index is 0. The molecule has 0 saturated carbocycles. The SMILES string of the molecule is Cl.NCCNC(=O)C1CCN(S(=O)(=O)c2ccccc2F)CC1. The third kappa shape index (κ3) is 4.63. The Balaban J connectivity index is 0.00000264. The molecule has 0 aromatic heterocycles. The molecule has 1 amide bonds. The Morgan fingerprint density at radius 1 is 1.30 bits per heavy atom. The Bertz CT molecular complexity index is 634. The van der Waals surface area contributed by atoms with Gasteiger partial charge in [-0.2, -0.15) is 4.31 Å². The van der Waals surface area contributed by atoms with Crippen LogP contribution in [0, 0.1) is 11.7 Å². The van der Waals surface area contributed by atoms with Crippen LogP contribution in [0.25, 0.3) is 0 Å². The van der Waals surface area contributed by atoms with Crippen LogP contribution in [0.2, 0.25) is 0 Å². The highest BCUT2D eigenvalue weighted by Crippen LogP contribution is 2.25. The Kier molecular flexibility index (Phi) is 7.40. The molecule has 0 unspecified atom stereocenters. The molecule has 1 fully saturated rings. The minimum atomic E-state index is -3.85. The lowest BCUT2D eigenvalue weighted by Gasteiger charge is -2.30. The molecule has 0 spiro atoms. The van der Waals surface area contributed by atoms with Crippen LogP contribution in [-0.2, 0) is 14.8 Å². The Hall–Kier alpha value is -1.22. The number of carbonyl (C=O) groups excluding carboxylic acids is 1. The quantitative estimate of drug-likeness (QED) is 0.804. The number of benzene rings is 1. The molecule has 0 radical (unpaired) electrons. The second-order valence-corrected chi connectivity index (χ2v) is 7.09. The summed E-state index contributed by atoms with van der Waals surface area (Å²) in [6.07, 6.45) is 0.841. The molecule has 6 nitrogen and oxygen atoms in total. The Morgan fingerprint density at radius 3 is 2.48 bits per heavy atom. The lowest BCUT2D eigenvalue weighted by atomic mass is 9.97. The van der Waals surface area contributed by atoms with E-state index in [-0.39, 0.29) is 42.2 Å². The summed E-state index contributed by atoms with van der Waals surface area (Å²) in [4.78, 5) is 11.5. The smallest absolute Gasteiger partial charge is 0.245 e. The third-order valence-corrected chi connectivity index (χ3v) is 5.65. The molecule has 1 aliphatic heterocycles. The molecule has 130 valence electrons. The summed E-state index contributed by atoms with van der Waals surface area (Å²) in [6, 6.07) is 5.32. The van der Waals surface area contributed by atoms with Crippen molar-refractivity contribution in [1.82, 2.24) is 9.62 Å². The van der Waals surface area contributed by atoms with E-state index in [1.165, 1.54) is 22.5 Å². The molecule has 0 atom stereocenters. The fourth-order valence-electron chi connectivity index (χ4n) is 2.49. The van der Waals surface area contributed by atoms with E-state index in [1.54, 1.807) is 0 Å². The van der Waals surface area contributed by atoms with Crippen molar-refractivity contribution in [3.63, 3.8) is 0 Å². The normalized spacial score (nSPS) is 16.6. The molecule has 23 heavy (non-hydrogen) atoms. The second-order valence-electron chi connectivity index (χ2n) is 5.19. The van der Waals surface area contributed by atoms with Crippen molar-refractivity contribution in [3.05, 3.63) is 30.1 Å². The van der Waals surface area contributed by atoms with Crippen LogP contribution < -0.4 is 11.1 Å². The van der Waals surface area contributed by atoms with Crippen molar-refractivity contribution in [2.75, 3.05) is 26.2 Å². The number of amides is 1. The summed E-state index contributed by atoms with van der Waals surface area (Å²) < 4.78 is 39.8. The van der Waals surface area contributed by atoms with E-state index >= 15 is 0 Å². The van der Waals surface area contributed by atoms with Gasteiger partial charge in [0.15, 0.2) is 0 Å². The van der Waals surface area contributed by atoms with Gasteiger partial charge in [-0.05, 0) is 25.0 Å². The van der Waals surface area contributed by atoms with Gasteiger partial charge in [0.25, 0.3) is 0 Å². The Morgan fingerprint density at radius 2 is 1.91 bits per heavy atom. The molecule has 0 aliphatic carbocycles. The fraction of sp³-hybridized carbons (Fsp3) is 0.500. The molecule has 1 aliphatic rings. The lowest BCUT2D eigenvalue weighted by molar-refractivity contribution is -0.126. The first-order valence-electron chi connectivity index (χ1n) is 7.19. The number of nitrogens with zero attached hydrogens (tertiary/aromatic N) is 1. The van der Waals surface area contributed by atoms with Gasteiger partial charge in [-0.25, -0.2) is 12.8 Å². The monoisotopic (exact) mass is 365 g/mol. The predicted octanol–water partition coefficient (Wildman–Crippen LogP) is 0.723. The van der Waals surface area contributed by atoms with Gasteiger partial charge < -0.3 is 11.1 Å². The van der Waals surface area contributed by atoms with Crippen molar-refractivity contribution >= 4 is 28.3 Å². The van der Waals surface area contributed by atoms with Crippen molar-refractivity contribution in [2.45, 2.75) is 17.7 Å². The first kappa shape index (κ1) is 19.8. The van der Waals surface area contributed by atoms with Crippen LogP contribution in [0.15, 0.2) is 29.2 Å². The maximum Gasteiger partial charge on any atom is 0.245 e. The molecule has 1 aromatic rings. The summed E-state index contributed by atoms with van der Waals surface area (Å²) in [7, 11) is -3.85. The molecule has 2 rings (SSSR count). The van der Waals surface area contributed by atoms with Gasteiger partial charge >= 0.3 is 0 Å². The lowest BCUT2D eigenvalue weighted by Crippen LogP contribution is -2.43. The first-order chi connectivity index (χ1) is 10.5. The molecular formula is C14H21ClFN3O3S. The molecule has 1 heterocycles. The second kappa shape index (κ2) is 8.58. The molecule has 9 heteroatoms. The number of nitrogens with two attached hydrogens (primary N) is 1. The average Bonchev–Trinajstić information content (AvgIpc) is 2.53. The summed E-state index contributed by atoms with van der Waals surface area (Å²) in [5.41, 5.74) is 5.33. The van der Waals surface area contributed by atoms with Gasteiger partial charge in [0.05, 0.1) is 0 Å². The van der Waals surface area contributed by atoms with Gasteiger partial charge in [0.1, 0.15) is 10.7 Å². The number of sulfonamides is 1. The van der Waals surface area contributed by atoms with Crippen molar-refractivity contribution in [1.29, 1.82) is 0 Å². The van der Waals surface area contributed by atoms with Crippen LogP contribution in [0.1, 0.15) is 12.8 Å². The zero-order valence-electron chi connectivity index (χ0n) is 12.6. The van der Waals surface area contributed by atoms with Crippen LogP contribution in [0.4, 0.5) is 4.39 Å². The molecule has 1 saturated heterocycles. The molecular weight excluding hydrogens is 345 g/mol. The van der Waals surface area contributed by atoms with Crippen LogP contribution in [-0.4, -0.2) is 44.8 Å². The summed E-state index contributed by atoms with van der Waals surface area (Å²) in [6.45, 7) is 1.19. The summed E-state index contributed by atoms with van der Waals surface area (Å²) >= 11 is 0. The maximum absolute atomic E-state index is 13.7. The Labute approximate surface area is 141 Å². The van der Waals surface area contributed by atoms with Crippen LogP contribution >= 0.6 is 12.4 Å². The van der Waals surface area contributed by atoms with Crippen molar-refractivity contribution in [2.24, 2.45) is 11.7 Å². The van der Waals surface area contributed by atoms with E-state index in [1.807, 2.05) is 0 Å². The first-order valence-corrected chi connectivity index (χ1v) is 8.63. The number of piperidine rings is 1. The number of hydrogen-bond acceptors (Lipinski definition) is 4. The van der Waals surface area contributed by atoms with Crippen molar-refractivity contribution in [3.8, 4) is 0 Å². The van der Waals surface area contributed by atoms with E-state index in [4.69, 9.17) is 5.73 Å². The van der Waals surface area contributed by atoms with E-state index < -0.39 is 15.8 Å². The molecule has 1 aromatic carbocycles. The van der Waals surface area contributed by atoms with E-state index in [9.17, 15) is 17.6 Å². The molecule has 3 N–H and O–H groups in total. The number of nitrogens with one attached hydrogen (secondary N) is 1. The highest BCUT2D eigenvalue weighted by atomic mass is 35.5. The fourth-order valence-corrected chi connectivity index (χ4v) is 4.03. The number of rotatable bonds is 5. The number of carbonyl (C=O) groups is 1. The van der Waals surface area contributed by atoms with Gasteiger partial charge in [0, 0.05) is 32.1 Å². The zero-order chi connectivity index (χ0) is 16.2. The van der Waals surface area contributed by atoms with E-state index in [0.29, 0.717) is 25.9 Å². The van der Waals surface area contributed by atoms with Gasteiger partial charge in [-0.15, -0.1) is 12.4 Å². The molecule has 0 bridgehead atoms. The van der Waals surface area contributed by atoms with Crippen molar-refractivity contribution < 1.29 is 17.6 Å². The van der Waals surface area contributed by atoms with Gasteiger partial charge in [0.2, 0.25) is 15.9 Å². The minimum Gasteiger partial charge on any atom is -0.355 e. The van der Waals surface area contributed by atoms with Crippen LogP contribution in [0.5, 0.6) is 0 Å². The highest BCUT2D eigenvalue weighted by Gasteiger charge is 2.33. The maximum atomic E-state index is 13.7. The number of halogens is 2. The van der Waals surface area contributed by atoms with Crippen LogP contribution in [0.3, 0.4) is 0 Å². The predicted molar refractivity (Wildman–Crippen MR) is 87.2 cm³/mol. The zero-order valence-corrected chi connectivity index (χ0v) is 14.2. The number of hydrogen-bond donors (Lipinski definition) is 2.